The van der Waals surface area contributed by atoms with Gasteiger partial charge < -0.3 is 19.8 Å². The monoisotopic (exact) mass is 948 g/mol. The first-order valence-electron chi connectivity index (χ1n) is 27.7. The van der Waals surface area contributed by atoms with Gasteiger partial charge in [-0.15, -0.1) is 0 Å². The van der Waals surface area contributed by atoms with Gasteiger partial charge in [0.15, 0.2) is 0 Å². The molecule has 0 aliphatic rings. The molecule has 0 aromatic carbocycles. The lowest BCUT2D eigenvalue weighted by Gasteiger charge is -2.26. The summed E-state index contributed by atoms with van der Waals surface area (Å²) in [6.07, 6.45) is 64.1. The molecule has 1 amide bonds. The number of unbranched alkanes of at least 4 members (excludes halogenated alkanes) is 27. The number of nitrogens with zero attached hydrogens (tertiary/aromatic N) is 1. The number of likely N-dealkylation sites (N-methyl/N-ethyl adjacent to an activating group) is 1. The molecule has 0 rings (SSSR count). The number of carbonyl (C=O) groups excluding carboxylic acids is 1. The maximum absolute atomic E-state index is 13.0. The van der Waals surface area contributed by atoms with Gasteiger partial charge in [0.25, 0.3) is 0 Å². The fourth-order valence-electron chi connectivity index (χ4n) is 7.96. The van der Waals surface area contributed by atoms with E-state index in [-0.39, 0.29) is 19.1 Å². The standard InChI is InChI=1S/C57H107N2O6P/c1-6-8-10-12-14-16-18-20-22-23-24-25-26-27-28-29-30-31-32-33-34-35-37-39-41-43-45-47-49-51-57(61)58-55(54-65-66(62,63)64-53-52-59(3,4)5)56(60)50-48-46-44-42-40-38-36-21-19-17-15-13-11-9-7-2/h8,10,14,16,20,22,24-25,27-28,55-56,60H,6-7,9,11-13,15,17-19,21,23,26,29-54H2,1-5H3,(H-,58,61,62,63)/p+1/b10-8-,16-14-,22-20-,25-24-,28-27-. The van der Waals surface area contributed by atoms with Gasteiger partial charge >= 0.3 is 7.82 Å². The Kier molecular flexibility index (Phi) is 46.9. The molecular weight excluding hydrogens is 840 g/mol. The van der Waals surface area contributed by atoms with Crippen LogP contribution in [0, 0.1) is 0 Å². The van der Waals surface area contributed by atoms with Crippen LogP contribution in [0.15, 0.2) is 60.8 Å². The van der Waals surface area contributed by atoms with Crippen molar-refractivity contribution >= 4 is 13.7 Å². The topological polar surface area (TPSA) is 105 Å². The summed E-state index contributed by atoms with van der Waals surface area (Å²) in [5.41, 5.74) is 0. The molecule has 3 N–H and O–H groups in total. The molecule has 0 heterocycles. The summed E-state index contributed by atoms with van der Waals surface area (Å²) in [5.74, 6) is -0.146. The van der Waals surface area contributed by atoms with Crippen LogP contribution in [0.25, 0.3) is 0 Å². The van der Waals surface area contributed by atoms with E-state index >= 15 is 0 Å². The number of aliphatic hydroxyl groups is 1. The number of amides is 1. The average molecular weight is 948 g/mol. The quantitative estimate of drug-likeness (QED) is 0.0243. The van der Waals surface area contributed by atoms with Crippen molar-refractivity contribution in [3.8, 4) is 0 Å². The van der Waals surface area contributed by atoms with Gasteiger partial charge in [-0.2, -0.15) is 0 Å². The van der Waals surface area contributed by atoms with Gasteiger partial charge in [-0.1, -0.05) is 242 Å². The molecule has 9 heteroatoms. The van der Waals surface area contributed by atoms with Crippen LogP contribution >= 0.6 is 7.82 Å². The lowest BCUT2D eigenvalue weighted by Crippen LogP contribution is -2.46. The van der Waals surface area contributed by atoms with Crippen LogP contribution in [0.3, 0.4) is 0 Å². The number of hydrogen-bond donors (Lipinski definition) is 3. The maximum Gasteiger partial charge on any atom is 0.472 e. The molecule has 0 aliphatic carbocycles. The van der Waals surface area contributed by atoms with Crippen LogP contribution in [0.1, 0.15) is 245 Å². The Balaban J connectivity index is 4.13. The van der Waals surface area contributed by atoms with Crippen LogP contribution in [-0.2, 0) is 18.4 Å². The number of hydrogen-bond acceptors (Lipinski definition) is 5. The van der Waals surface area contributed by atoms with Crippen molar-refractivity contribution in [1.82, 2.24) is 5.32 Å². The second-order valence-corrected chi connectivity index (χ2v) is 21.4. The molecular formula is C57H108N2O6P+. The van der Waals surface area contributed by atoms with Gasteiger partial charge in [0.05, 0.1) is 39.9 Å². The van der Waals surface area contributed by atoms with E-state index in [9.17, 15) is 19.4 Å². The SMILES string of the molecule is CC/C=C\C/C=C\C/C=C\C/C=C\C/C=C\CCCCCCCCCCCCCCCC(=O)NC(COP(=O)(O)OCC[N+](C)(C)C)C(O)CCCCCCCCCCCCCCCCC. The third kappa shape index (κ3) is 50.1. The van der Waals surface area contributed by atoms with Gasteiger partial charge in [0, 0.05) is 6.42 Å². The van der Waals surface area contributed by atoms with Crippen molar-refractivity contribution in [3.63, 3.8) is 0 Å². The Morgan fingerprint density at radius 2 is 0.909 bits per heavy atom. The zero-order valence-electron chi connectivity index (χ0n) is 43.9. The minimum absolute atomic E-state index is 0.0733. The largest absolute Gasteiger partial charge is 0.472 e. The summed E-state index contributed by atoms with van der Waals surface area (Å²) in [6.45, 7) is 4.79. The fourth-order valence-corrected chi connectivity index (χ4v) is 8.69. The smallest absolute Gasteiger partial charge is 0.391 e. The summed E-state index contributed by atoms with van der Waals surface area (Å²) in [7, 11) is 1.61. The molecule has 8 nitrogen and oxygen atoms in total. The predicted octanol–water partition coefficient (Wildman–Crippen LogP) is 16.5. The van der Waals surface area contributed by atoms with Crippen LogP contribution in [0.5, 0.6) is 0 Å². The Bertz CT molecular complexity index is 1260. The van der Waals surface area contributed by atoms with E-state index < -0.39 is 20.0 Å². The van der Waals surface area contributed by atoms with Crippen LogP contribution in [0.4, 0.5) is 0 Å². The van der Waals surface area contributed by atoms with E-state index in [2.05, 4.69) is 79.9 Å². The maximum atomic E-state index is 13.0. The zero-order valence-corrected chi connectivity index (χ0v) is 44.8. The lowest BCUT2D eigenvalue weighted by atomic mass is 10.0. The van der Waals surface area contributed by atoms with Gasteiger partial charge in [0.2, 0.25) is 5.91 Å². The number of quaternary nitrogens is 1. The summed E-state index contributed by atoms with van der Waals surface area (Å²) in [6, 6.07) is -0.763. The molecule has 0 spiro atoms. The number of allylic oxidation sites excluding steroid dienone is 10. The van der Waals surface area contributed by atoms with Crippen LogP contribution in [-0.4, -0.2) is 73.4 Å². The normalized spacial score (nSPS) is 14.5. The fraction of sp³-hybridized carbons (Fsp3) is 0.807. The van der Waals surface area contributed by atoms with Crippen LogP contribution < -0.4 is 5.32 Å². The number of nitrogens with one attached hydrogen (secondary N) is 1. The first kappa shape index (κ1) is 64.2. The van der Waals surface area contributed by atoms with E-state index in [0.29, 0.717) is 23.9 Å². The van der Waals surface area contributed by atoms with Crippen LogP contribution in [0.2, 0.25) is 0 Å². The summed E-state index contributed by atoms with van der Waals surface area (Å²) < 4.78 is 23.7. The van der Waals surface area contributed by atoms with E-state index in [1.165, 1.54) is 148 Å². The minimum Gasteiger partial charge on any atom is -0.391 e. The Hall–Kier alpha value is -1.80. The van der Waals surface area contributed by atoms with Crippen molar-refractivity contribution in [2.75, 3.05) is 40.9 Å². The highest BCUT2D eigenvalue weighted by Gasteiger charge is 2.28. The molecule has 3 atom stereocenters. The molecule has 0 bridgehead atoms. The number of phosphoric ester groups is 1. The van der Waals surface area contributed by atoms with E-state index in [0.717, 1.165) is 70.6 Å². The molecule has 0 aliphatic heterocycles. The van der Waals surface area contributed by atoms with E-state index in [1.54, 1.807) is 0 Å². The van der Waals surface area contributed by atoms with Gasteiger partial charge in [-0.05, 0) is 57.8 Å². The first-order chi connectivity index (χ1) is 32.0. The van der Waals surface area contributed by atoms with Gasteiger partial charge in [-0.3, -0.25) is 13.8 Å². The Morgan fingerprint density at radius 3 is 1.33 bits per heavy atom. The molecule has 0 aromatic heterocycles. The highest BCUT2D eigenvalue weighted by molar-refractivity contribution is 7.47. The molecule has 0 saturated carbocycles. The molecule has 66 heavy (non-hydrogen) atoms. The molecule has 0 aromatic rings. The summed E-state index contributed by atoms with van der Waals surface area (Å²) in [4.78, 5) is 23.3. The second kappa shape index (κ2) is 48.2. The van der Waals surface area contributed by atoms with Crippen molar-refractivity contribution < 1.29 is 32.9 Å². The predicted molar refractivity (Wildman–Crippen MR) is 286 cm³/mol. The molecule has 0 radical (unpaired) electrons. The van der Waals surface area contributed by atoms with Gasteiger partial charge in [-0.25, -0.2) is 4.57 Å². The van der Waals surface area contributed by atoms with E-state index in [1.807, 2.05) is 21.1 Å². The third-order valence-corrected chi connectivity index (χ3v) is 13.3. The molecule has 3 unspecified atom stereocenters. The Labute approximate surface area is 409 Å². The lowest BCUT2D eigenvalue weighted by molar-refractivity contribution is -0.870. The van der Waals surface area contributed by atoms with Crippen molar-refractivity contribution in [2.24, 2.45) is 0 Å². The highest BCUT2D eigenvalue weighted by atomic mass is 31.2. The van der Waals surface area contributed by atoms with Crippen molar-refractivity contribution in [3.05, 3.63) is 60.8 Å². The average Bonchev–Trinajstić information content (AvgIpc) is 3.28. The van der Waals surface area contributed by atoms with Crippen molar-refractivity contribution in [1.29, 1.82) is 0 Å². The molecule has 0 saturated heterocycles. The molecule has 386 valence electrons. The first-order valence-corrected chi connectivity index (χ1v) is 29.1. The van der Waals surface area contributed by atoms with E-state index in [4.69, 9.17) is 9.05 Å². The zero-order chi connectivity index (χ0) is 48.5. The summed E-state index contributed by atoms with van der Waals surface area (Å²) in [5, 5.41) is 14.0. The Morgan fingerprint density at radius 1 is 0.530 bits per heavy atom. The number of aliphatic hydroxyl groups excluding tert-OH is 1. The third-order valence-electron chi connectivity index (χ3n) is 12.3. The number of phosphoric acid groups is 1. The molecule has 0 fully saturated rings. The number of rotatable bonds is 50. The summed E-state index contributed by atoms with van der Waals surface area (Å²) >= 11 is 0. The highest BCUT2D eigenvalue weighted by Crippen LogP contribution is 2.43. The van der Waals surface area contributed by atoms with Gasteiger partial charge in [0.1, 0.15) is 13.2 Å². The second-order valence-electron chi connectivity index (χ2n) is 19.9. The number of carbonyl (C=O) groups is 1. The van der Waals surface area contributed by atoms with Crippen molar-refractivity contribution in [2.45, 2.75) is 257 Å². The minimum atomic E-state index is -4.32.